The summed E-state index contributed by atoms with van der Waals surface area (Å²) in [5.74, 6) is 1.20. The number of rotatable bonds is 3. The highest BCUT2D eigenvalue weighted by Crippen LogP contribution is 2.38. The predicted molar refractivity (Wildman–Crippen MR) is 96.4 cm³/mol. The fourth-order valence-electron chi connectivity index (χ4n) is 3.52. The Morgan fingerprint density at radius 3 is 2.73 bits per heavy atom. The Balaban J connectivity index is 1.38. The number of hydrogen-bond donors (Lipinski definition) is 1. The zero-order valence-electron chi connectivity index (χ0n) is 14.1. The van der Waals surface area contributed by atoms with Gasteiger partial charge in [-0.15, -0.1) is 16.4 Å². The molecule has 1 saturated heterocycles. The molecule has 26 heavy (non-hydrogen) atoms. The van der Waals surface area contributed by atoms with Crippen LogP contribution in [0.4, 0.5) is 0 Å². The van der Waals surface area contributed by atoms with E-state index in [1.165, 1.54) is 11.3 Å². The molecule has 1 aliphatic carbocycles. The number of likely N-dealkylation sites (tertiary alicyclic amines) is 1. The van der Waals surface area contributed by atoms with Crippen LogP contribution in [0.15, 0.2) is 22.3 Å². The quantitative estimate of drug-likeness (QED) is 0.760. The van der Waals surface area contributed by atoms with Gasteiger partial charge in [-0.1, -0.05) is 11.3 Å². The number of aromatic amines is 1. The minimum atomic E-state index is -0.214. The van der Waals surface area contributed by atoms with Crippen LogP contribution in [-0.2, 0) is 0 Å². The standard InChI is InChI=1S/C17H18N6O2S/c24-16-13-15(18-14(19-16)10-3-4-10)23(21-20-13)11-5-7-22(8-6-11)17(25)12-2-1-9-26-12/h1-2,9-11H,3-8H2,(H,18,19,24). The average Bonchev–Trinajstić information content (AvgIpc) is 3.19. The molecule has 0 aromatic carbocycles. The van der Waals surface area contributed by atoms with Crippen molar-refractivity contribution in [2.24, 2.45) is 0 Å². The lowest BCUT2D eigenvalue weighted by Gasteiger charge is -2.31. The van der Waals surface area contributed by atoms with Crippen LogP contribution in [0.3, 0.4) is 0 Å². The minimum absolute atomic E-state index is 0.0903. The van der Waals surface area contributed by atoms with E-state index in [1.807, 2.05) is 22.4 Å². The molecule has 0 bridgehead atoms. The van der Waals surface area contributed by atoms with Gasteiger partial charge in [0.15, 0.2) is 11.2 Å². The molecule has 0 unspecified atom stereocenters. The lowest BCUT2D eigenvalue weighted by atomic mass is 10.1. The number of aromatic nitrogens is 5. The zero-order valence-corrected chi connectivity index (χ0v) is 14.9. The summed E-state index contributed by atoms with van der Waals surface area (Å²) >= 11 is 1.47. The number of amides is 1. The molecule has 0 atom stereocenters. The first-order valence-corrected chi connectivity index (χ1v) is 9.76. The van der Waals surface area contributed by atoms with Crippen LogP contribution < -0.4 is 5.56 Å². The molecule has 5 rings (SSSR count). The number of piperidine rings is 1. The summed E-state index contributed by atoms with van der Waals surface area (Å²) in [5.41, 5.74) is 0.652. The number of nitrogens with zero attached hydrogens (tertiary/aromatic N) is 5. The molecule has 8 nitrogen and oxygen atoms in total. The summed E-state index contributed by atoms with van der Waals surface area (Å²) in [4.78, 5) is 34.8. The van der Waals surface area contributed by atoms with E-state index in [9.17, 15) is 9.59 Å². The van der Waals surface area contributed by atoms with Crippen molar-refractivity contribution in [1.82, 2.24) is 29.9 Å². The van der Waals surface area contributed by atoms with Gasteiger partial charge >= 0.3 is 0 Å². The Morgan fingerprint density at radius 1 is 1.23 bits per heavy atom. The third-order valence-corrected chi connectivity index (χ3v) is 6.00. The molecule has 1 saturated carbocycles. The molecule has 1 N–H and O–H groups in total. The Bertz CT molecular complexity index is 1010. The van der Waals surface area contributed by atoms with E-state index in [0.29, 0.717) is 30.2 Å². The second kappa shape index (κ2) is 6.01. The second-order valence-corrected chi connectivity index (χ2v) is 7.88. The number of fused-ring (bicyclic) bond motifs is 1. The third kappa shape index (κ3) is 2.63. The van der Waals surface area contributed by atoms with E-state index in [2.05, 4.69) is 20.3 Å². The lowest BCUT2D eigenvalue weighted by Crippen LogP contribution is -2.39. The van der Waals surface area contributed by atoms with Gasteiger partial charge in [-0.2, -0.15) is 0 Å². The summed E-state index contributed by atoms with van der Waals surface area (Å²) < 4.78 is 1.78. The van der Waals surface area contributed by atoms with Gasteiger partial charge in [0, 0.05) is 19.0 Å². The maximum absolute atomic E-state index is 12.5. The Labute approximate surface area is 152 Å². The Kier molecular flexibility index (Phi) is 3.63. The molecule has 134 valence electrons. The predicted octanol–water partition coefficient (Wildman–Crippen LogP) is 1.93. The highest BCUT2D eigenvalue weighted by Gasteiger charge is 2.30. The molecular weight excluding hydrogens is 352 g/mol. The van der Waals surface area contributed by atoms with Crippen LogP contribution in [0.1, 0.15) is 53.1 Å². The van der Waals surface area contributed by atoms with Crippen molar-refractivity contribution < 1.29 is 4.79 Å². The minimum Gasteiger partial charge on any atom is -0.338 e. The largest absolute Gasteiger partial charge is 0.338 e. The van der Waals surface area contributed by atoms with Crippen molar-refractivity contribution in [1.29, 1.82) is 0 Å². The van der Waals surface area contributed by atoms with E-state index in [-0.39, 0.29) is 17.5 Å². The van der Waals surface area contributed by atoms with Gasteiger partial charge in [0.1, 0.15) is 5.82 Å². The Morgan fingerprint density at radius 2 is 2.04 bits per heavy atom. The number of carbonyl (C=O) groups excluding carboxylic acids is 1. The number of hydrogen-bond acceptors (Lipinski definition) is 6. The van der Waals surface area contributed by atoms with Crippen LogP contribution in [0.2, 0.25) is 0 Å². The molecule has 2 fully saturated rings. The van der Waals surface area contributed by atoms with E-state index < -0.39 is 0 Å². The summed E-state index contributed by atoms with van der Waals surface area (Å²) in [6.07, 6.45) is 3.70. The van der Waals surface area contributed by atoms with E-state index in [1.54, 1.807) is 4.68 Å². The summed E-state index contributed by atoms with van der Waals surface area (Å²) in [6.45, 7) is 1.34. The molecule has 1 aliphatic heterocycles. The van der Waals surface area contributed by atoms with Crippen LogP contribution in [-0.4, -0.2) is 48.9 Å². The molecule has 4 heterocycles. The van der Waals surface area contributed by atoms with Gasteiger partial charge < -0.3 is 9.88 Å². The second-order valence-electron chi connectivity index (χ2n) is 6.93. The fraction of sp³-hybridized carbons (Fsp3) is 0.471. The highest BCUT2D eigenvalue weighted by molar-refractivity contribution is 7.12. The van der Waals surface area contributed by atoms with Gasteiger partial charge in [0.05, 0.1) is 10.9 Å². The topological polar surface area (TPSA) is 96.8 Å². The van der Waals surface area contributed by atoms with Crippen molar-refractivity contribution in [3.05, 3.63) is 38.6 Å². The van der Waals surface area contributed by atoms with Crippen LogP contribution >= 0.6 is 11.3 Å². The van der Waals surface area contributed by atoms with Crippen molar-refractivity contribution in [3.8, 4) is 0 Å². The summed E-state index contributed by atoms with van der Waals surface area (Å²) in [5, 5.41) is 10.2. The van der Waals surface area contributed by atoms with Crippen LogP contribution in [0.5, 0.6) is 0 Å². The maximum atomic E-state index is 12.5. The SMILES string of the molecule is O=C(c1cccs1)N1CCC(n2nnc3c(=O)[nH]c(C4CC4)nc32)CC1. The molecule has 0 radical (unpaired) electrons. The van der Waals surface area contributed by atoms with Crippen molar-refractivity contribution in [2.45, 2.75) is 37.6 Å². The number of H-pyrrole nitrogens is 1. The summed E-state index contributed by atoms with van der Waals surface area (Å²) in [7, 11) is 0. The zero-order chi connectivity index (χ0) is 17.7. The van der Waals surface area contributed by atoms with E-state index >= 15 is 0 Å². The van der Waals surface area contributed by atoms with E-state index in [0.717, 1.165) is 36.4 Å². The first kappa shape index (κ1) is 15.7. The fourth-order valence-corrected chi connectivity index (χ4v) is 4.21. The van der Waals surface area contributed by atoms with E-state index in [4.69, 9.17) is 0 Å². The third-order valence-electron chi connectivity index (χ3n) is 5.15. The number of carbonyl (C=O) groups is 1. The molecule has 0 spiro atoms. The molecule has 3 aromatic rings. The van der Waals surface area contributed by atoms with Crippen molar-refractivity contribution >= 4 is 28.4 Å². The van der Waals surface area contributed by atoms with Gasteiger partial charge in [0.25, 0.3) is 11.5 Å². The first-order valence-electron chi connectivity index (χ1n) is 8.88. The number of thiophene rings is 1. The van der Waals surface area contributed by atoms with Crippen molar-refractivity contribution in [3.63, 3.8) is 0 Å². The first-order chi connectivity index (χ1) is 12.7. The van der Waals surface area contributed by atoms with Gasteiger partial charge in [-0.05, 0) is 37.1 Å². The van der Waals surface area contributed by atoms with Crippen LogP contribution in [0.25, 0.3) is 11.2 Å². The normalized spacial score (nSPS) is 18.5. The molecule has 3 aromatic heterocycles. The maximum Gasteiger partial charge on any atom is 0.281 e. The van der Waals surface area contributed by atoms with Crippen LogP contribution in [0, 0.1) is 0 Å². The summed E-state index contributed by atoms with van der Waals surface area (Å²) in [6, 6.07) is 3.86. The molecule has 1 amide bonds. The molecular formula is C17H18N6O2S. The lowest BCUT2D eigenvalue weighted by molar-refractivity contribution is 0.0695. The van der Waals surface area contributed by atoms with Gasteiger partial charge in [-0.3, -0.25) is 9.59 Å². The average molecular weight is 370 g/mol. The smallest absolute Gasteiger partial charge is 0.281 e. The molecule has 2 aliphatic rings. The van der Waals surface area contributed by atoms with Crippen molar-refractivity contribution in [2.75, 3.05) is 13.1 Å². The van der Waals surface area contributed by atoms with Gasteiger partial charge in [0.2, 0.25) is 0 Å². The highest BCUT2D eigenvalue weighted by atomic mass is 32.1. The number of nitrogens with one attached hydrogen (secondary N) is 1. The van der Waals surface area contributed by atoms with Gasteiger partial charge in [-0.25, -0.2) is 9.67 Å². The molecule has 9 heteroatoms. The monoisotopic (exact) mass is 370 g/mol. The Hall–Kier alpha value is -2.55.